The monoisotopic (exact) mass is 1050 g/mol. The van der Waals surface area contributed by atoms with E-state index < -0.39 is 17.8 Å². The summed E-state index contributed by atoms with van der Waals surface area (Å²) >= 11 is 0. The zero-order valence-electron chi connectivity index (χ0n) is 42.3. The molecule has 0 spiro atoms. The summed E-state index contributed by atoms with van der Waals surface area (Å²) in [6.45, 7) is 4.45. The molecule has 0 saturated carbocycles. The van der Waals surface area contributed by atoms with Gasteiger partial charge >= 0.3 is 5.97 Å². The lowest BCUT2D eigenvalue weighted by Crippen LogP contribution is -2.42. The average molecular weight is 1050 g/mol. The van der Waals surface area contributed by atoms with Crippen molar-refractivity contribution >= 4 is 57.7 Å². The molecule has 0 aliphatic carbocycles. The van der Waals surface area contributed by atoms with Gasteiger partial charge in [0.15, 0.2) is 5.78 Å². The molecule has 77 heavy (non-hydrogen) atoms. The Bertz CT molecular complexity index is 3420. The number of nitrogens with two attached hydrogens (primary N) is 1. The third-order valence-electron chi connectivity index (χ3n) is 13.0. The van der Waals surface area contributed by atoms with Crippen molar-refractivity contribution in [2.75, 3.05) is 26.2 Å². The van der Waals surface area contributed by atoms with Crippen molar-refractivity contribution < 1.29 is 50.7 Å². The van der Waals surface area contributed by atoms with Gasteiger partial charge in [-0.3, -0.25) is 34.3 Å². The first-order valence-electron chi connectivity index (χ1n) is 24.9. The van der Waals surface area contributed by atoms with Crippen LogP contribution < -0.4 is 5.73 Å². The summed E-state index contributed by atoms with van der Waals surface area (Å²) in [7, 11) is 0. The Labute approximate surface area is 441 Å². The number of carboxylic acids is 1. The Morgan fingerprint density at radius 3 is 1.49 bits per heavy atom. The number of carbonyl (C=O) groups excluding carboxylic acids is 3. The number of hydrogen-bond acceptors (Lipinski definition) is 11. The second-order valence-corrected chi connectivity index (χ2v) is 18.8. The van der Waals surface area contributed by atoms with E-state index >= 15 is 0 Å². The first kappa shape index (κ1) is 54.6. The third-order valence-corrected chi connectivity index (χ3v) is 13.0. The van der Waals surface area contributed by atoms with Gasteiger partial charge in [-0.15, -0.1) is 0 Å². The van der Waals surface area contributed by atoms with Gasteiger partial charge in [-0.2, -0.15) is 0 Å². The third kappa shape index (κ3) is 14.6. The Morgan fingerprint density at radius 2 is 1.08 bits per heavy atom. The summed E-state index contributed by atoms with van der Waals surface area (Å²) in [6.07, 6.45) is 15.1. The van der Waals surface area contributed by atoms with Crippen molar-refractivity contribution in [3.63, 3.8) is 0 Å². The minimum absolute atomic E-state index is 0.00354. The molecule has 18 heteroatoms. The molecule has 3 N–H and O–H groups in total. The van der Waals surface area contributed by atoms with Crippen LogP contribution in [0.4, 0.5) is 17.6 Å². The Hall–Kier alpha value is -8.64. The van der Waals surface area contributed by atoms with Gasteiger partial charge in [0.2, 0.25) is 0 Å². The number of fused-ring (bicyclic) bond motifs is 2. The van der Waals surface area contributed by atoms with Crippen LogP contribution in [0.3, 0.4) is 0 Å². The molecule has 0 radical (unpaired) electrons. The predicted molar refractivity (Wildman–Crippen MR) is 284 cm³/mol. The molecule has 8 heterocycles. The van der Waals surface area contributed by atoms with Crippen molar-refractivity contribution in [1.82, 2.24) is 29.7 Å². The van der Waals surface area contributed by atoms with Crippen LogP contribution >= 0.6 is 0 Å². The van der Waals surface area contributed by atoms with E-state index in [1.54, 1.807) is 73.3 Å². The maximum absolute atomic E-state index is 13.4. The number of ketones is 1. The largest absolute Gasteiger partial charge is 0.478 e. The first-order valence-corrected chi connectivity index (χ1v) is 24.9. The zero-order valence-corrected chi connectivity index (χ0v) is 42.3. The number of hydrogen-bond donors (Lipinski definition) is 2. The van der Waals surface area contributed by atoms with Gasteiger partial charge < -0.3 is 29.5 Å². The molecular weight excluding hydrogens is 995 g/mol. The number of aliphatic carboxylic acids is 1. The molecule has 10 rings (SSSR count). The van der Waals surface area contributed by atoms with E-state index in [-0.39, 0.29) is 69.5 Å². The molecule has 2 fully saturated rings. The second kappa shape index (κ2) is 24.4. The molecular formula is C59H55F4N7O7. The lowest BCUT2D eigenvalue weighted by molar-refractivity contribution is -0.131. The quantitative estimate of drug-likeness (QED) is 0.0868. The number of piperidine rings is 2. The number of benzene rings is 2. The van der Waals surface area contributed by atoms with Gasteiger partial charge in [-0.25, -0.2) is 22.4 Å². The van der Waals surface area contributed by atoms with E-state index in [1.165, 1.54) is 28.3 Å². The maximum atomic E-state index is 13.4. The highest BCUT2D eigenvalue weighted by Crippen LogP contribution is 2.33. The number of alkyl halides is 4. The highest BCUT2D eigenvalue weighted by atomic mass is 19.3. The summed E-state index contributed by atoms with van der Waals surface area (Å²) in [6, 6.07) is 25.9. The molecule has 2 aliphatic heterocycles. The zero-order chi connectivity index (χ0) is 54.7. The number of nitrogens with zero attached hydrogens (tertiary/aromatic N) is 6. The number of allylic oxidation sites excluding steroid dienone is 1. The molecule has 0 atom stereocenters. The number of furan rings is 2. The molecule has 2 aromatic carbocycles. The summed E-state index contributed by atoms with van der Waals surface area (Å²) in [4.78, 5) is 67.3. The molecule has 0 bridgehead atoms. The molecule has 8 aromatic rings. The van der Waals surface area contributed by atoms with Crippen molar-refractivity contribution in [1.29, 1.82) is 0 Å². The number of pyridine rings is 4. The number of halogens is 4. The van der Waals surface area contributed by atoms with E-state index in [2.05, 4.69) is 19.9 Å². The van der Waals surface area contributed by atoms with Crippen molar-refractivity contribution in [2.24, 2.45) is 5.73 Å². The van der Waals surface area contributed by atoms with Crippen LogP contribution in [-0.4, -0.2) is 96.4 Å². The second-order valence-electron chi connectivity index (χ2n) is 18.8. The van der Waals surface area contributed by atoms with E-state index in [9.17, 15) is 36.7 Å². The first-order chi connectivity index (χ1) is 36.9. The van der Waals surface area contributed by atoms with E-state index in [0.29, 0.717) is 36.2 Å². The van der Waals surface area contributed by atoms with Crippen LogP contribution in [0.2, 0.25) is 0 Å². The van der Waals surface area contributed by atoms with Gasteiger partial charge in [0.1, 0.15) is 22.7 Å². The smallest absolute Gasteiger partial charge is 0.328 e. The number of rotatable bonds is 12. The lowest BCUT2D eigenvalue weighted by atomic mass is 10.0. The fourth-order valence-corrected chi connectivity index (χ4v) is 8.74. The van der Waals surface area contributed by atoms with Gasteiger partial charge in [0, 0.05) is 130 Å². The van der Waals surface area contributed by atoms with E-state index in [1.807, 2.05) is 62.4 Å². The normalized spacial score (nSPS) is 15.0. The Balaban J connectivity index is 0.000000175. The maximum Gasteiger partial charge on any atom is 0.328 e. The molecule has 14 nitrogen and oxygen atoms in total. The summed E-state index contributed by atoms with van der Waals surface area (Å²) in [5, 5.41) is 10.1. The van der Waals surface area contributed by atoms with Gasteiger partial charge in [0.25, 0.3) is 23.7 Å². The average Bonchev–Trinajstić information content (AvgIpc) is 4.08. The highest BCUT2D eigenvalue weighted by Gasteiger charge is 2.37. The number of aromatic nitrogens is 4. The SMILES string of the molecule is Cc1cc(-c2ccc(C(=O)N3CCC(F)(F)CC3)cn2)cc2cc(CCC(=O)/C=C/c3cccnc3)oc12.Cc1cc(-c2ccc(C(=O)N3CCC(F)(F)CC3)cn2)cc2cc(CN)oc12.O=C(O)/C=C/c1cccnc1. The summed E-state index contributed by atoms with van der Waals surface area (Å²) in [5.74, 6) is -5.42. The van der Waals surface area contributed by atoms with Crippen molar-refractivity contribution in [2.45, 2.75) is 70.8 Å². The van der Waals surface area contributed by atoms with Crippen LogP contribution in [-0.2, 0) is 22.6 Å². The summed E-state index contributed by atoms with van der Waals surface area (Å²) < 4.78 is 65.2. The standard InChI is InChI=1S/C30H27F2N3O3.C21H21F2N3O2.C8H7NO2/c1-20-15-23(27-9-5-22(19-34-27)29(37)35-13-10-30(31,32)11-14-35)16-24-17-26(38-28(20)24)8-7-25(36)6-4-21-3-2-12-33-18-21;1-13-8-15(9-16-10-17(11-24)28-19(13)16)18-3-2-14(12-25-18)20(27)26-6-4-21(22,23)5-7-26;10-8(11)4-3-7-2-1-5-9-6-7/h2-6,9,12,15-19H,7-8,10-11,13-14H2,1H3;2-3,8-10,12H,4-7,11,24H2,1H3;1-6H,(H,10,11)/b6-4+;;4-3+. The van der Waals surface area contributed by atoms with Crippen LogP contribution in [0.25, 0.3) is 56.6 Å². The topological polar surface area (TPSA) is 199 Å². The van der Waals surface area contributed by atoms with Crippen molar-refractivity contribution in [3.05, 3.63) is 179 Å². The minimum atomic E-state index is -2.70. The number of amides is 2. The molecule has 2 amide bonds. The molecule has 396 valence electrons. The number of carbonyl (C=O) groups is 4. The van der Waals surface area contributed by atoms with E-state index in [0.717, 1.165) is 78.6 Å². The van der Waals surface area contributed by atoms with Crippen LogP contribution in [0.5, 0.6) is 0 Å². The number of likely N-dealkylation sites (tertiary alicyclic amines) is 2. The van der Waals surface area contributed by atoms with Crippen LogP contribution in [0, 0.1) is 13.8 Å². The van der Waals surface area contributed by atoms with Gasteiger partial charge in [-0.1, -0.05) is 12.1 Å². The number of aryl methyl sites for hydroxylation is 3. The van der Waals surface area contributed by atoms with Crippen LogP contribution in [0.1, 0.15) is 86.6 Å². The lowest BCUT2D eigenvalue weighted by Gasteiger charge is -2.31. The molecule has 0 unspecified atom stereocenters. The fraction of sp³-hybridized carbons (Fsp3) is 0.254. The van der Waals surface area contributed by atoms with Crippen LogP contribution in [0.15, 0.2) is 143 Å². The number of carboxylic acid groups (broad SMARTS) is 1. The van der Waals surface area contributed by atoms with Crippen molar-refractivity contribution in [3.8, 4) is 22.5 Å². The van der Waals surface area contributed by atoms with Gasteiger partial charge in [-0.05, 0) is 127 Å². The minimum Gasteiger partial charge on any atom is -0.478 e. The summed E-state index contributed by atoms with van der Waals surface area (Å²) in [5.41, 5.74) is 14.8. The molecule has 2 saturated heterocycles. The van der Waals surface area contributed by atoms with Gasteiger partial charge in [0.05, 0.1) is 29.1 Å². The molecule has 6 aromatic heterocycles. The predicted octanol–water partition coefficient (Wildman–Crippen LogP) is 11.6. The Morgan fingerprint density at radius 1 is 0.623 bits per heavy atom. The molecule has 2 aliphatic rings. The van der Waals surface area contributed by atoms with E-state index in [4.69, 9.17) is 19.7 Å². The Kier molecular flexibility index (Phi) is 17.3. The fourth-order valence-electron chi connectivity index (χ4n) is 8.74. The highest BCUT2D eigenvalue weighted by molar-refractivity contribution is 5.96.